The molecule has 0 heteroatoms. The lowest BCUT2D eigenvalue weighted by Crippen LogP contribution is -1.93. The lowest BCUT2D eigenvalue weighted by Gasteiger charge is -2.19. The van der Waals surface area contributed by atoms with Gasteiger partial charge in [0.25, 0.3) is 0 Å². The van der Waals surface area contributed by atoms with E-state index in [0.29, 0.717) is 0 Å². The number of rotatable bonds is 6. The zero-order valence-corrected chi connectivity index (χ0v) is 27.0. The second kappa shape index (κ2) is 12.5. The molecule has 0 aliphatic heterocycles. The van der Waals surface area contributed by atoms with Crippen molar-refractivity contribution >= 4 is 0 Å². The highest BCUT2D eigenvalue weighted by Crippen LogP contribution is 2.43. The second-order valence-electron chi connectivity index (χ2n) is 12.6. The number of hydrogen-bond donors (Lipinski definition) is 0. The Bertz CT molecular complexity index is 1970. The Hall–Kier alpha value is -5.46. The summed E-state index contributed by atoms with van der Waals surface area (Å²) >= 11 is 0. The lowest BCUT2D eigenvalue weighted by atomic mass is 9.84. The van der Waals surface area contributed by atoms with Crippen LogP contribution in [0.2, 0.25) is 0 Å². The Balaban J connectivity index is 1.47. The van der Waals surface area contributed by atoms with Crippen molar-refractivity contribution in [1.29, 1.82) is 0 Å². The predicted molar refractivity (Wildman–Crippen MR) is 198 cm³/mol. The van der Waals surface area contributed by atoms with E-state index >= 15 is 0 Å². The van der Waals surface area contributed by atoms with Crippen molar-refractivity contribution in [2.24, 2.45) is 0 Å². The molecule has 0 aromatic heterocycles. The van der Waals surface area contributed by atoms with Crippen LogP contribution < -0.4 is 0 Å². The zero-order valence-electron chi connectivity index (χ0n) is 27.0. The monoisotopic (exact) mass is 590 g/mol. The Morgan fingerprint density at radius 3 is 0.891 bits per heavy atom. The summed E-state index contributed by atoms with van der Waals surface area (Å²) in [4.78, 5) is 0. The van der Waals surface area contributed by atoms with Gasteiger partial charge in [0.2, 0.25) is 0 Å². The Labute approximate surface area is 273 Å². The molecule has 0 nitrogen and oxygen atoms in total. The Morgan fingerprint density at radius 1 is 0.217 bits per heavy atom. The molecule has 7 aromatic rings. The van der Waals surface area contributed by atoms with Gasteiger partial charge in [-0.1, -0.05) is 156 Å². The average molecular weight is 591 g/mol. The summed E-state index contributed by atoms with van der Waals surface area (Å²) in [6.07, 6.45) is 0. The predicted octanol–water partition coefficient (Wildman–Crippen LogP) is 12.9. The molecule has 46 heavy (non-hydrogen) atoms. The van der Waals surface area contributed by atoms with E-state index in [-0.39, 0.29) is 0 Å². The van der Waals surface area contributed by atoms with Gasteiger partial charge in [-0.05, 0) is 119 Å². The topological polar surface area (TPSA) is 0 Å². The zero-order chi connectivity index (χ0) is 31.6. The highest BCUT2D eigenvalue weighted by Gasteiger charge is 2.17. The molecule has 7 rings (SSSR count). The largest absolute Gasteiger partial charge is 0.0622 e. The summed E-state index contributed by atoms with van der Waals surface area (Å²) in [6, 6.07) is 58.1. The third kappa shape index (κ3) is 6.08. The number of aryl methyl sites for hydroxylation is 4. The van der Waals surface area contributed by atoms with E-state index < -0.39 is 0 Å². The summed E-state index contributed by atoms with van der Waals surface area (Å²) in [5.41, 5.74) is 19.8. The molecule has 0 unspecified atom stereocenters. The molecule has 0 saturated heterocycles. The molecule has 0 saturated carbocycles. The summed E-state index contributed by atoms with van der Waals surface area (Å²) in [5, 5.41) is 0. The molecule has 0 fully saturated rings. The molecule has 0 spiro atoms. The van der Waals surface area contributed by atoms with Crippen LogP contribution in [-0.2, 0) is 0 Å². The fourth-order valence-electron chi connectivity index (χ4n) is 6.81. The normalized spacial score (nSPS) is 11.0. The molecular weight excluding hydrogens is 553 g/mol. The smallest absolute Gasteiger partial charge is 0.00986 e. The van der Waals surface area contributed by atoms with Gasteiger partial charge in [0.1, 0.15) is 0 Å². The van der Waals surface area contributed by atoms with E-state index in [0.717, 1.165) is 0 Å². The van der Waals surface area contributed by atoms with E-state index in [1.165, 1.54) is 89.0 Å². The molecule has 0 radical (unpaired) electrons. The molecule has 0 aliphatic carbocycles. The van der Waals surface area contributed by atoms with E-state index in [4.69, 9.17) is 0 Å². The third-order valence-electron chi connectivity index (χ3n) is 8.78. The van der Waals surface area contributed by atoms with Gasteiger partial charge in [-0.25, -0.2) is 0 Å². The van der Waals surface area contributed by atoms with Crippen molar-refractivity contribution in [2.75, 3.05) is 0 Å². The van der Waals surface area contributed by atoms with E-state index in [9.17, 15) is 0 Å². The highest BCUT2D eigenvalue weighted by atomic mass is 14.2. The van der Waals surface area contributed by atoms with E-state index in [2.05, 4.69) is 185 Å². The first-order valence-electron chi connectivity index (χ1n) is 16.1. The summed E-state index contributed by atoms with van der Waals surface area (Å²) in [6.45, 7) is 8.70. The van der Waals surface area contributed by atoms with Gasteiger partial charge in [0.15, 0.2) is 0 Å². The molecule has 0 aliphatic rings. The molecule has 0 N–H and O–H groups in total. The minimum Gasteiger partial charge on any atom is -0.0622 e. The van der Waals surface area contributed by atoms with Gasteiger partial charge in [0.05, 0.1) is 0 Å². The van der Waals surface area contributed by atoms with Crippen LogP contribution in [0.25, 0.3) is 66.8 Å². The molecule has 0 bridgehead atoms. The minimum absolute atomic E-state index is 1.21. The maximum atomic E-state index is 2.41. The molecule has 0 atom stereocenters. The Morgan fingerprint density at radius 2 is 0.522 bits per heavy atom. The Kier molecular flexibility index (Phi) is 7.95. The first-order chi connectivity index (χ1) is 22.4. The number of benzene rings is 7. The van der Waals surface area contributed by atoms with Crippen molar-refractivity contribution in [3.63, 3.8) is 0 Å². The maximum absolute atomic E-state index is 2.41. The fourth-order valence-corrected chi connectivity index (χ4v) is 6.81. The van der Waals surface area contributed by atoms with Crippen molar-refractivity contribution < 1.29 is 0 Å². The van der Waals surface area contributed by atoms with Crippen molar-refractivity contribution in [2.45, 2.75) is 27.7 Å². The molecular formula is C46H38. The van der Waals surface area contributed by atoms with Crippen LogP contribution in [0, 0.1) is 27.7 Å². The van der Waals surface area contributed by atoms with Gasteiger partial charge in [-0.2, -0.15) is 0 Å². The molecule has 222 valence electrons. The quantitative estimate of drug-likeness (QED) is 0.181. The standard InChI is InChI=1S/C46H38/c1-31-21-32(2)24-41(23-31)37-17-11-19-39(27-37)45-29-44(36-15-9-6-10-16-36)46(30-43(45)35-13-7-5-8-14-35)40-20-12-18-38(28-40)42-25-33(3)22-34(4)26-42/h5-30H,1-4H3. The highest BCUT2D eigenvalue weighted by molar-refractivity contribution is 5.96. The van der Waals surface area contributed by atoms with Crippen LogP contribution in [0.1, 0.15) is 22.3 Å². The fraction of sp³-hybridized carbons (Fsp3) is 0.0870. The van der Waals surface area contributed by atoms with Crippen molar-refractivity contribution in [3.05, 3.63) is 180 Å². The van der Waals surface area contributed by atoms with Crippen LogP contribution in [0.3, 0.4) is 0 Å². The second-order valence-corrected chi connectivity index (χ2v) is 12.6. The molecule has 7 aromatic carbocycles. The number of hydrogen-bond acceptors (Lipinski definition) is 0. The van der Waals surface area contributed by atoms with E-state index in [1.807, 2.05) is 0 Å². The van der Waals surface area contributed by atoms with Gasteiger partial charge in [0, 0.05) is 0 Å². The first kappa shape index (κ1) is 29.3. The first-order valence-corrected chi connectivity index (χ1v) is 16.1. The summed E-state index contributed by atoms with van der Waals surface area (Å²) in [7, 11) is 0. The molecule has 0 heterocycles. The van der Waals surface area contributed by atoms with Gasteiger partial charge >= 0.3 is 0 Å². The SMILES string of the molecule is Cc1cc(C)cc(-c2cccc(-c3cc(-c4ccccc4)c(-c4cccc(-c5cc(C)cc(C)c5)c4)cc3-c3ccccc3)c2)c1. The summed E-state index contributed by atoms with van der Waals surface area (Å²) < 4.78 is 0. The van der Waals surface area contributed by atoms with Crippen molar-refractivity contribution in [3.8, 4) is 66.8 Å². The van der Waals surface area contributed by atoms with Gasteiger partial charge < -0.3 is 0 Å². The third-order valence-corrected chi connectivity index (χ3v) is 8.78. The maximum Gasteiger partial charge on any atom is -0.00986 e. The van der Waals surface area contributed by atoms with Crippen molar-refractivity contribution in [1.82, 2.24) is 0 Å². The summed E-state index contributed by atoms with van der Waals surface area (Å²) in [5.74, 6) is 0. The van der Waals surface area contributed by atoms with Gasteiger partial charge in [-0.15, -0.1) is 0 Å². The minimum atomic E-state index is 1.21. The average Bonchev–Trinajstić information content (AvgIpc) is 3.08. The molecule has 0 amide bonds. The van der Waals surface area contributed by atoms with Crippen LogP contribution in [-0.4, -0.2) is 0 Å². The van der Waals surface area contributed by atoms with Crippen LogP contribution in [0.4, 0.5) is 0 Å². The van der Waals surface area contributed by atoms with Gasteiger partial charge in [-0.3, -0.25) is 0 Å². The van der Waals surface area contributed by atoms with Crippen LogP contribution in [0.15, 0.2) is 158 Å². The van der Waals surface area contributed by atoms with Crippen LogP contribution >= 0.6 is 0 Å². The lowest BCUT2D eigenvalue weighted by molar-refractivity contribution is 1.38. The van der Waals surface area contributed by atoms with Crippen LogP contribution in [0.5, 0.6) is 0 Å². The van der Waals surface area contributed by atoms with E-state index in [1.54, 1.807) is 0 Å².